The first-order valence-electron chi connectivity index (χ1n) is 4.82. The van der Waals surface area contributed by atoms with Crippen molar-refractivity contribution >= 4 is 11.6 Å². The number of rotatable bonds is 4. The number of aromatic nitrogens is 1. The van der Waals surface area contributed by atoms with Crippen LogP contribution in [0.25, 0.3) is 0 Å². The molecule has 0 radical (unpaired) electrons. The maximum absolute atomic E-state index is 13.2. The van der Waals surface area contributed by atoms with E-state index in [2.05, 4.69) is 15.6 Å². The van der Waals surface area contributed by atoms with Crippen molar-refractivity contribution in [1.82, 2.24) is 4.98 Å². The Morgan fingerprint density at radius 1 is 1.27 bits per heavy atom. The molecule has 0 aliphatic carbocycles. The van der Waals surface area contributed by atoms with Crippen LogP contribution in [0.4, 0.5) is 20.4 Å². The molecule has 1 heterocycles. The van der Waals surface area contributed by atoms with Crippen molar-refractivity contribution in [3.63, 3.8) is 0 Å². The van der Waals surface area contributed by atoms with E-state index in [4.69, 9.17) is 0 Å². The Balaban J connectivity index is 2.87. The second-order valence-electron chi connectivity index (χ2n) is 3.67. The van der Waals surface area contributed by atoms with Crippen molar-refractivity contribution in [2.24, 2.45) is 5.92 Å². The molecule has 0 aliphatic rings. The van der Waals surface area contributed by atoms with E-state index in [1.807, 2.05) is 13.8 Å². The van der Waals surface area contributed by atoms with Gasteiger partial charge in [0.15, 0.2) is 23.3 Å². The summed E-state index contributed by atoms with van der Waals surface area (Å²) in [5.41, 5.74) is 0. The molecule has 1 aromatic heterocycles. The Hall–Kier alpha value is -1.39. The van der Waals surface area contributed by atoms with Crippen LogP contribution in [0.1, 0.15) is 13.8 Å². The highest BCUT2D eigenvalue weighted by Crippen LogP contribution is 2.18. The lowest BCUT2D eigenvalue weighted by Gasteiger charge is -2.10. The van der Waals surface area contributed by atoms with Crippen LogP contribution in [0.5, 0.6) is 0 Å². The van der Waals surface area contributed by atoms with Crippen LogP contribution in [0.3, 0.4) is 0 Å². The van der Waals surface area contributed by atoms with Crippen LogP contribution in [0, 0.1) is 17.6 Å². The second-order valence-corrected chi connectivity index (χ2v) is 3.67. The van der Waals surface area contributed by atoms with Crippen LogP contribution in [-0.4, -0.2) is 18.6 Å². The first kappa shape index (κ1) is 11.7. The minimum Gasteiger partial charge on any atom is -0.371 e. The first-order valence-corrected chi connectivity index (χ1v) is 4.82. The monoisotopic (exact) mass is 215 g/mol. The van der Waals surface area contributed by atoms with E-state index in [1.54, 1.807) is 0 Å². The Kier molecular flexibility index (Phi) is 3.82. The zero-order chi connectivity index (χ0) is 11.4. The summed E-state index contributed by atoms with van der Waals surface area (Å²) in [6.45, 7) is 4.58. The van der Waals surface area contributed by atoms with Crippen LogP contribution in [0.2, 0.25) is 0 Å². The van der Waals surface area contributed by atoms with Gasteiger partial charge >= 0.3 is 0 Å². The molecule has 5 heteroatoms. The number of hydrogen-bond donors (Lipinski definition) is 2. The summed E-state index contributed by atoms with van der Waals surface area (Å²) < 4.78 is 26.3. The standard InChI is InChI=1S/C10H15F2N3/c1-6(2)5-14-10-8(12)4-7(11)9(13-3)15-10/h4,6H,5H2,1-3H3,(H2,13,14,15). The Morgan fingerprint density at radius 2 is 1.87 bits per heavy atom. The first-order chi connectivity index (χ1) is 7.04. The summed E-state index contributed by atoms with van der Waals surface area (Å²) >= 11 is 0. The molecule has 1 aromatic rings. The van der Waals surface area contributed by atoms with Crippen molar-refractivity contribution in [2.45, 2.75) is 13.8 Å². The Morgan fingerprint density at radius 3 is 2.40 bits per heavy atom. The maximum atomic E-state index is 13.2. The van der Waals surface area contributed by atoms with Gasteiger partial charge in [0.05, 0.1) is 0 Å². The third-order valence-corrected chi connectivity index (χ3v) is 1.84. The average Bonchev–Trinajstić information content (AvgIpc) is 2.16. The van der Waals surface area contributed by atoms with Gasteiger partial charge in [-0.1, -0.05) is 13.8 Å². The van der Waals surface area contributed by atoms with Gasteiger partial charge in [0.2, 0.25) is 0 Å². The van der Waals surface area contributed by atoms with Crippen LogP contribution in [-0.2, 0) is 0 Å². The summed E-state index contributed by atoms with van der Waals surface area (Å²) in [4.78, 5) is 3.79. The highest BCUT2D eigenvalue weighted by molar-refractivity contribution is 5.47. The van der Waals surface area contributed by atoms with Gasteiger partial charge in [-0.25, -0.2) is 13.8 Å². The van der Waals surface area contributed by atoms with E-state index in [-0.39, 0.29) is 11.6 Å². The largest absolute Gasteiger partial charge is 0.371 e. The molecule has 1 rings (SSSR count). The predicted molar refractivity (Wildman–Crippen MR) is 57.0 cm³/mol. The zero-order valence-electron chi connectivity index (χ0n) is 9.06. The molecule has 0 saturated carbocycles. The van der Waals surface area contributed by atoms with E-state index in [0.29, 0.717) is 12.5 Å². The molecule has 0 atom stereocenters. The molecular formula is C10H15F2N3. The summed E-state index contributed by atoms with van der Waals surface area (Å²) in [6, 6.07) is 0.821. The molecule has 0 aliphatic heterocycles. The highest BCUT2D eigenvalue weighted by Gasteiger charge is 2.10. The molecule has 0 bridgehead atoms. The molecule has 0 fully saturated rings. The van der Waals surface area contributed by atoms with Gasteiger partial charge in [0, 0.05) is 19.7 Å². The molecule has 0 unspecified atom stereocenters. The molecule has 0 saturated heterocycles. The van der Waals surface area contributed by atoms with Gasteiger partial charge in [-0.15, -0.1) is 0 Å². The van der Waals surface area contributed by atoms with E-state index in [1.165, 1.54) is 7.05 Å². The minimum atomic E-state index is -0.690. The lowest BCUT2D eigenvalue weighted by molar-refractivity contribution is 0.576. The number of nitrogens with one attached hydrogen (secondary N) is 2. The molecule has 0 spiro atoms. The predicted octanol–water partition coefficient (Wildman–Crippen LogP) is 2.47. The van der Waals surface area contributed by atoms with Crippen LogP contribution < -0.4 is 10.6 Å². The summed E-state index contributed by atoms with van der Waals surface area (Å²) in [5.74, 6) is -0.872. The van der Waals surface area contributed by atoms with Crippen molar-refractivity contribution in [3.8, 4) is 0 Å². The van der Waals surface area contributed by atoms with Gasteiger partial charge < -0.3 is 10.6 Å². The molecule has 15 heavy (non-hydrogen) atoms. The van der Waals surface area contributed by atoms with E-state index < -0.39 is 11.6 Å². The maximum Gasteiger partial charge on any atom is 0.168 e. The third-order valence-electron chi connectivity index (χ3n) is 1.84. The fourth-order valence-electron chi connectivity index (χ4n) is 1.07. The smallest absolute Gasteiger partial charge is 0.168 e. The van der Waals surface area contributed by atoms with Gasteiger partial charge in [0.25, 0.3) is 0 Å². The molecule has 0 amide bonds. The number of nitrogens with zero attached hydrogens (tertiary/aromatic N) is 1. The van der Waals surface area contributed by atoms with Crippen LogP contribution in [0.15, 0.2) is 6.07 Å². The molecule has 2 N–H and O–H groups in total. The summed E-state index contributed by atoms with van der Waals surface area (Å²) in [5, 5.41) is 5.38. The lowest BCUT2D eigenvalue weighted by atomic mass is 10.2. The third kappa shape index (κ3) is 3.04. The topological polar surface area (TPSA) is 37.0 Å². The van der Waals surface area contributed by atoms with Gasteiger partial charge in [-0.2, -0.15) is 0 Å². The Bertz CT molecular complexity index is 340. The molecule has 84 valence electrons. The minimum absolute atomic E-state index is 0.0441. The van der Waals surface area contributed by atoms with Crippen molar-refractivity contribution < 1.29 is 8.78 Å². The van der Waals surface area contributed by atoms with Crippen LogP contribution >= 0.6 is 0 Å². The quantitative estimate of drug-likeness (QED) is 0.810. The summed E-state index contributed by atoms with van der Waals surface area (Å²) in [7, 11) is 1.54. The zero-order valence-corrected chi connectivity index (χ0v) is 9.06. The number of anilines is 2. The number of halogens is 2. The van der Waals surface area contributed by atoms with Gasteiger partial charge in [-0.3, -0.25) is 0 Å². The fourth-order valence-corrected chi connectivity index (χ4v) is 1.07. The van der Waals surface area contributed by atoms with Gasteiger partial charge in [0.1, 0.15) is 0 Å². The van der Waals surface area contributed by atoms with E-state index in [0.717, 1.165) is 6.07 Å². The molecule has 0 aromatic carbocycles. The Labute approximate surface area is 87.9 Å². The van der Waals surface area contributed by atoms with Crippen molar-refractivity contribution in [1.29, 1.82) is 0 Å². The number of hydrogen-bond acceptors (Lipinski definition) is 3. The second kappa shape index (κ2) is 4.91. The average molecular weight is 215 g/mol. The number of pyridine rings is 1. The van der Waals surface area contributed by atoms with Crippen molar-refractivity contribution in [3.05, 3.63) is 17.7 Å². The van der Waals surface area contributed by atoms with E-state index >= 15 is 0 Å². The van der Waals surface area contributed by atoms with Gasteiger partial charge in [-0.05, 0) is 5.92 Å². The lowest BCUT2D eigenvalue weighted by Crippen LogP contribution is -2.12. The van der Waals surface area contributed by atoms with E-state index in [9.17, 15) is 8.78 Å². The SMILES string of the molecule is CNc1nc(NCC(C)C)c(F)cc1F. The normalized spacial score (nSPS) is 10.5. The molecular weight excluding hydrogens is 200 g/mol. The van der Waals surface area contributed by atoms with Crippen molar-refractivity contribution in [2.75, 3.05) is 24.2 Å². The fraction of sp³-hybridized carbons (Fsp3) is 0.500. The molecule has 3 nitrogen and oxygen atoms in total. The summed E-state index contributed by atoms with van der Waals surface area (Å²) in [6.07, 6.45) is 0. The highest BCUT2D eigenvalue weighted by atomic mass is 19.1.